The van der Waals surface area contributed by atoms with Crippen LogP contribution in [-0.2, 0) is 22.5 Å². The quantitative estimate of drug-likeness (QED) is 0.174. The zero-order chi connectivity index (χ0) is 40.4. The lowest BCUT2D eigenvalue weighted by molar-refractivity contribution is -0.246. The summed E-state index contributed by atoms with van der Waals surface area (Å²) < 4.78 is 18.8. The second-order valence-electron chi connectivity index (χ2n) is 19.9. The number of benzene rings is 2. The van der Waals surface area contributed by atoms with Crippen molar-refractivity contribution in [2.45, 2.75) is 125 Å². The number of methoxy groups -OCH3 is 1. The molecule has 2 amide bonds. The van der Waals surface area contributed by atoms with E-state index < -0.39 is 17.2 Å². The predicted octanol–water partition coefficient (Wildman–Crippen LogP) is 9.22. The molecule has 7 rings (SSSR count). The molecule has 56 heavy (non-hydrogen) atoms. The fourth-order valence-electron chi connectivity index (χ4n) is 14.1. The first-order valence-corrected chi connectivity index (χ1v) is 21.3. The van der Waals surface area contributed by atoms with Crippen molar-refractivity contribution in [2.24, 2.45) is 56.7 Å². The molecule has 8 heteroatoms. The Morgan fingerprint density at radius 3 is 2.36 bits per heavy atom. The molecule has 5 aliphatic carbocycles. The van der Waals surface area contributed by atoms with Crippen molar-refractivity contribution in [2.75, 3.05) is 13.7 Å². The molecule has 2 aromatic rings. The Hall–Kier alpha value is -3.52. The van der Waals surface area contributed by atoms with Crippen molar-refractivity contribution < 1.29 is 28.6 Å². The number of carbonyl (C=O) groups excluding carboxylic acids is 3. The van der Waals surface area contributed by atoms with Crippen LogP contribution in [0.15, 0.2) is 54.6 Å². The van der Waals surface area contributed by atoms with Crippen LogP contribution in [-0.4, -0.2) is 42.6 Å². The number of nitrogens with one attached hydrogen (secondary N) is 2. The van der Waals surface area contributed by atoms with Crippen LogP contribution in [0.4, 0.5) is 4.39 Å². The second-order valence-corrected chi connectivity index (χ2v) is 19.9. The minimum absolute atomic E-state index is 0.0738. The average Bonchev–Trinajstić information content (AvgIpc) is 3.57. The summed E-state index contributed by atoms with van der Waals surface area (Å²) in [6, 6.07) is 11.7. The number of hydrogen-bond acceptors (Lipinski definition) is 5. The van der Waals surface area contributed by atoms with Gasteiger partial charge < -0.3 is 20.5 Å². The third kappa shape index (κ3) is 6.35. The highest BCUT2D eigenvalue weighted by molar-refractivity contribution is 5.94. The molecule has 10 atom stereocenters. The number of allylic oxidation sites excluding steroid dienone is 1. The van der Waals surface area contributed by atoms with Crippen LogP contribution in [0, 0.1) is 62.5 Å². The third-order valence-electron chi connectivity index (χ3n) is 17.3. The van der Waals surface area contributed by atoms with E-state index in [0.717, 1.165) is 50.5 Å². The highest BCUT2D eigenvalue weighted by Gasteiger charge is 2.71. The van der Waals surface area contributed by atoms with Gasteiger partial charge in [-0.2, -0.15) is 0 Å². The molecule has 0 heterocycles. The van der Waals surface area contributed by atoms with Crippen LogP contribution in [0.1, 0.15) is 138 Å². The number of aliphatic hydroxyl groups is 1. The van der Waals surface area contributed by atoms with E-state index >= 15 is 0 Å². The number of ether oxygens (including phenoxy) is 1. The van der Waals surface area contributed by atoms with Gasteiger partial charge in [0.15, 0.2) is 0 Å². The second kappa shape index (κ2) is 14.7. The first kappa shape index (κ1) is 40.7. The van der Waals surface area contributed by atoms with Crippen LogP contribution >= 0.6 is 0 Å². The van der Waals surface area contributed by atoms with Crippen LogP contribution in [0.2, 0.25) is 0 Å². The summed E-state index contributed by atoms with van der Waals surface area (Å²) in [6.45, 7) is 19.8. The monoisotopic (exact) mass is 768 g/mol. The molecule has 5 fully saturated rings. The minimum Gasteiger partial charge on any atom is -0.465 e. The number of amides is 2. The van der Waals surface area contributed by atoms with Crippen molar-refractivity contribution >= 4 is 17.8 Å². The Balaban J connectivity index is 1.05. The van der Waals surface area contributed by atoms with Gasteiger partial charge in [0.2, 0.25) is 5.91 Å². The maximum absolute atomic E-state index is 14.7. The van der Waals surface area contributed by atoms with E-state index in [9.17, 15) is 23.9 Å². The molecule has 0 aromatic heterocycles. The Kier molecular flexibility index (Phi) is 10.7. The molecule has 0 radical (unpaired) electrons. The van der Waals surface area contributed by atoms with E-state index in [4.69, 9.17) is 0 Å². The van der Waals surface area contributed by atoms with Gasteiger partial charge in [0, 0.05) is 18.7 Å². The van der Waals surface area contributed by atoms with Gasteiger partial charge in [0.05, 0.1) is 24.2 Å². The highest BCUT2D eigenvalue weighted by atomic mass is 19.1. The van der Waals surface area contributed by atoms with Crippen LogP contribution in [0.25, 0.3) is 0 Å². The average molecular weight is 769 g/mol. The van der Waals surface area contributed by atoms with Crippen molar-refractivity contribution in [3.05, 3.63) is 82.7 Å². The van der Waals surface area contributed by atoms with Crippen molar-refractivity contribution in [1.29, 1.82) is 0 Å². The number of halogens is 1. The molecule has 2 aromatic carbocycles. The van der Waals surface area contributed by atoms with Gasteiger partial charge in [-0.15, -0.1) is 0 Å². The lowest BCUT2D eigenvalue weighted by Gasteiger charge is -2.72. The summed E-state index contributed by atoms with van der Waals surface area (Å²) in [4.78, 5) is 39.8. The number of hydrogen-bond donors (Lipinski definition) is 3. The lowest BCUT2D eigenvalue weighted by Crippen LogP contribution is -2.67. The lowest BCUT2D eigenvalue weighted by atomic mass is 9.32. The van der Waals surface area contributed by atoms with Gasteiger partial charge >= 0.3 is 5.97 Å². The van der Waals surface area contributed by atoms with E-state index in [1.54, 1.807) is 12.1 Å². The van der Waals surface area contributed by atoms with E-state index in [-0.39, 0.29) is 51.1 Å². The van der Waals surface area contributed by atoms with Gasteiger partial charge in [0.1, 0.15) is 5.82 Å². The van der Waals surface area contributed by atoms with Crippen molar-refractivity contribution in [1.82, 2.24) is 10.6 Å². The summed E-state index contributed by atoms with van der Waals surface area (Å²) in [7, 11) is 1.21. The van der Waals surface area contributed by atoms with Gasteiger partial charge in [-0.3, -0.25) is 9.59 Å². The van der Waals surface area contributed by atoms with Gasteiger partial charge in [-0.25, -0.2) is 9.18 Å². The zero-order valence-corrected chi connectivity index (χ0v) is 34.9. The first-order valence-electron chi connectivity index (χ1n) is 21.3. The first-order chi connectivity index (χ1) is 26.4. The summed E-state index contributed by atoms with van der Waals surface area (Å²) in [5.74, 6) is 0.700. The fourth-order valence-corrected chi connectivity index (χ4v) is 14.1. The third-order valence-corrected chi connectivity index (χ3v) is 17.3. The number of rotatable bonds is 9. The van der Waals surface area contributed by atoms with Crippen LogP contribution in [0.5, 0.6) is 0 Å². The number of aliphatic hydroxyl groups excluding tert-OH is 1. The molecular weight excluding hydrogens is 704 g/mol. The molecule has 4 unspecified atom stereocenters. The normalized spacial score (nSPS) is 36.9. The molecule has 3 N–H and O–H groups in total. The molecule has 0 aliphatic heterocycles. The van der Waals surface area contributed by atoms with E-state index in [1.165, 1.54) is 44.1 Å². The van der Waals surface area contributed by atoms with Gasteiger partial charge in [-0.05, 0) is 164 Å². The molecule has 0 saturated heterocycles. The predicted molar refractivity (Wildman–Crippen MR) is 217 cm³/mol. The molecule has 304 valence electrons. The summed E-state index contributed by atoms with van der Waals surface area (Å²) in [6.07, 6.45) is 10.7. The highest BCUT2D eigenvalue weighted by Crippen LogP contribution is 2.77. The molecule has 5 aliphatic rings. The maximum Gasteiger partial charge on any atom is 0.340 e. The largest absolute Gasteiger partial charge is 0.465 e. The Morgan fingerprint density at radius 1 is 0.857 bits per heavy atom. The fraction of sp³-hybridized carbons (Fsp3) is 0.646. The van der Waals surface area contributed by atoms with E-state index in [1.807, 2.05) is 18.2 Å². The van der Waals surface area contributed by atoms with Crippen molar-refractivity contribution in [3.8, 4) is 0 Å². The van der Waals surface area contributed by atoms with Gasteiger partial charge in [-0.1, -0.05) is 65.0 Å². The number of carbonyl (C=O) groups is 3. The molecule has 7 nitrogen and oxygen atoms in total. The van der Waals surface area contributed by atoms with E-state index in [0.29, 0.717) is 54.3 Å². The summed E-state index contributed by atoms with van der Waals surface area (Å²) >= 11 is 0. The summed E-state index contributed by atoms with van der Waals surface area (Å²) in [5, 5.41) is 17.4. The standard InChI is InChI=1S/C48H65FN2O5/c1-29(2)33-16-22-48(24-23-46(6)35(40(33)48)13-15-38-45(5)20-18-39(52)44(3,4)37(45)17-21-47(38,46)7)43(55)51-28-31-10-9-11-32(26-31)41(53)50-25-19-30-12-14-36(49)34(27-30)42(54)56-8/h9-12,14,26-27,33,35,37-40,52H,1,13,15-25,28H2,2-8H3,(H,50,53)(H,51,55)/t33-,35?,37?,38?,39-,40?,45-,46+,47+,48-/m0/s1. The smallest absolute Gasteiger partial charge is 0.340 e. The summed E-state index contributed by atoms with van der Waals surface area (Å²) in [5.41, 5.74) is 3.17. The van der Waals surface area contributed by atoms with Gasteiger partial charge in [0.25, 0.3) is 5.91 Å². The minimum atomic E-state index is -0.738. The number of fused-ring (bicyclic) bond motifs is 7. The topological polar surface area (TPSA) is 105 Å². The van der Waals surface area contributed by atoms with Crippen LogP contribution < -0.4 is 10.6 Å². The van der Waals surface area contributed by atoms with Crippen LogP contribution in [0.3, 0.4) is 0 Å². The SMILES string of the molecule is C=C(C)[C@@H]1CC[C@]2(C(=O)NCc3cccc(C(=O)NCCc4ccc(F)c(C(=O)OC)c4)c3)CC[C@]3(C)C(CCC4[C@@]5(C)CC[C@H](O)C(C)(C)C5CC[C@]43C)C12. The molecule has 5 saturated carbocycles. The molecular formula is C48H65FN2O5. The Labute approximate surface area is 334 Å². The number of esters is 1. The Bertz CT molecular complexity index is 1890. The van der Waals surface area contributed by atoms with Crippen molar-refractivity contribution in [3.63, 3.8) is 0 Å². The van der Waals surface area contributed by atoms with E-state index in [2.05, 4.69) is 63.5 Å². The zero-order valence-electron chi connectivity index (χ0n) is 34.9. The maximum atomic E-state index is 14.7. The molecule has 0 bridgehead atoms. The molecule has 0 spiro atoms. The Morgan fingerprint density at radius 2 is 1.62 bits per heavy atom.